The molecule has 1 aliphatic heterocycles. The first-order valence-electron chi connectivity index (χ1n) is 5.57. The zero-order chi connectivity index (χ0) is 11.4. The summed E-state index contributed by atoms with van der Waals surface area (Å²) in [6.07, 6.45) is 0.936. The van der Waals surface area contributed by atoms with Crippen molar-refractivity contribution < 1.29 is 5.11 Å². The molecule has 1 aliphatic rings. The molecule has 16 heavy (non-hydrogen) atoms. The summed E-state index contributed by atoms with van der Waals surface area (Å²) in [5, 5.41) is 18.7. The van der Waals surface area contributed by atoms with Crippen molar-refractivity contribution in [2.75, 3.05) is 13.1 Å². The second-order valence-electron chi connectivity index (χ2n) is 4.51. The molecule has 1 fully saturated rings. The van der Waals surface area contributed by atoms with Crippen LogP contribution in [0.15, 0.2) is 30.3 Å². The molecule has 0 spiro atoms. The van der Waals surface area contributed by atoms with Crippen LogP contribution in [0.4, 0.5) is 0 Å². The molecular formula is C13H16N2O. The Bertz CT molecular complexity index is 385. The maximum atomic E-state index is 10.1. The van der Waals surface area contributed by atoms with Crippen LogP contribution >= 0.6 is 0 Å². The lowest BCUT2D eigenvalue weighted by Crippen LogP contribution is -2.32. The van der Waals surface area contributed by atoms with Crippen LogP contribution < -0.4 is 0 Å². The SMILES string of the molecule is N#CCC1(O)CCN(Cc2ccccc2)C1. The van der Waals surface area contributed by atoms with Gasteiger partial charge in [0.2, 0.25) is 0 Å². The summed E-state index contributed by atoms with van der Waals surface area (Å²) in [6.45, 7) is 2.33. The van der Waals surface area contributed by atoms with E-state index in [0.29, 0.717) is 13.0 Å². The maximum Gasteiger partial charge on any atom is 0.0915 e. The quantitative estimate of drug-likeness (QED) is 0.833. The zero-order valence-corrected chi connectivity index (χ0v) is 9.26. The molecule has 0 bridgehead atoms. The molecule has 2 rings (SSSR count). The number of aliphatic hydroxyl groups is 1. The predicted molar refractivity (Wildman–Crippen MR) is 61.5 cm³/mol. The number of rotatable bonds is 3. The van der Waals surface area contributed by atoms with Crippen LogP contribution in [0.3, 0.4) is 0 Å². The molecule has 1 N–H and O–H groups in total. The van der Waals surface area contributed by atoms with Crippen LogP contribution in [-0.4, -0.2) is 28.7 Å². The van der Waals surface area contributed by atoms with E-state index >= 15 is 0 Å². The van der Waals surface area contributed by atoms with E-state index in [9.17, 15) is 5.11 Å². The zero-order valence-electron chi connectivity index (χ0n) is 9.26. The fourth-order valence-corrected chi connectivity index (χ4v) is 2.21. The average Bonchev–Trinajstić information content (AvgIpc) is 2.62. The Morgan fingerprint density at radius 1 is 1.38 bits per heavy atom. The minimum Gasteiger partial charge on any atom is -0.387 e. The standard InChI is InChI=1S/C13H16N2O/c14-8-6-13(16)7-9-15(11-13)10-12-4-2-1-3-5-12/h1-5,16H,6-7,9-11H2. The van der Waals surface area contributed by atoms with E-state index in [-0.39, 0.29) is 6.42 Å². The van der Waals surface area contributed by atoms with Crippen molar-refractivity contribution in [2.24, 2.45) is 0 Å². The van der Waals surface area contributed by atoms with E-state index in [2.05, 4.69) is 23.1 Å². The van der Waals surface area contributed by atoms with Gasteiger partial charge in [0.25, 0.3) is 0 Å². The van der Waals surface area contributed by atoms with Crippen LogP contribution in [0.5, 0.6) is 0 Å². The van der Waals surface area contributed by atoms with Crippen LogP contribution in [-0.2, 0) is 6.54 Å². The number of nitriles is 1. The summed E-state index contributed by atoms with van der Waals surface area (Å²) in [5.41, 5.74) is 0.465. The number of hydrogen-bond acceptors (Lipinski definition) is 3. The van der Waals surface area contributed by atoms with E-state index < -0.39 is 5.60 Å². The summed E-state index contributed by atoms with van der Waals surface area (Å²) < 4.78 is 0. The fourth-order valence-electron chi connectivity index (χ4n) is 2.21. The lowest BCUT2D eigenvalue weighted by molar-refractivity contribution is 0.0532. The van der Waals surface area contributed by atoms with E-state index in [1.807, 2.05) is 18.2 Å². The molecule has 0 aromatic heterocycles. The summed E-state index contributed by atoms with van der Waals surface area (Å²) in [6, 6.07) is 12.3. The molecule has 1 aromatic carbocycles. The van der Waals surface area contributed by atoms with Gasteiger partial charge in [-0.2, -0.15) is 5.26 Å². The summed E-state index contributed by atoms with van der Waals surface area (Å²) in [4.78, 5) is 2.20. The first-order valence-corrected chi connectivity index (χ1v) is 5.57. The van der Waals surface area contributed by atoms with E-state index in [1.165, 1.54) is 5.56 Å². The third-order valence-electron chi connectivity index (χ3n) is 3.07. The highest BCUT2D eigenvalue weighted by molar-refractivity contribution is 5.15. The molecule has 1 heterocycles. The van der Waals surface area contributed by atoms with Crippen molar-refractivity contribution in [3.8, 4) is 6.07 Å². The predicted octanol–water partition coefficient (Wildman–Crippen LogP) is 1.54. The molecule has 1 aromatic rings. The van der Waals surface area contributed by atoms with E-state index in [4.69, 9.17) is 5.26 Å². The minimum absolute atomic E-state index is 0.234. The van der Waals surface area contributed by atoms with Gasteiger partial charge < -0.3 is 5.11 Å². The van der Waals surface area contributed by atoms with Gasteiger partial charge in [-0.05, 0) is 12.0 Å². The Morgan fingerprint density at radius 2 is 2.12 bits per heavy atom. The summed E-state index contributed by atoms with van der Waals surface area (Å²) in [7, 11) is 0. The topological polar surface area (TPSA) is 47.3 Å². The average molecular weight is 216 g/mol. The molecule has 0 amide bonds. The third-order valence-corrected chi connectivity index (χ3v) is 3.07. The van der Waals surface area contributed by atoms with Crippen LogP contribution in [0, 0.1) is 11.3 Å². The number of β-amino-alcohol motifs (C(OH)–C–C–N with tert-alkyl or cyclic N) is 1. The van der Waals surface area contributed by atoms with Gasteiger partial charge >= 0.3 is 0 Å². The highest BCUT2D eigenvalue weighted by atomic mass is 16.3. The smallest absolute Gasteiger partial charge is 0.0915 e. The molecule has 0 radical (unpaired) electrons. The lowest BCUT2D eigenvalue weighted by atomic mass is 10.0. The van der Waals surface area contributed by atoms with Crippen LogP contribution in [0.25, 0.3) is 0 Å². The van der Waals surface area contributed by atoms with Gasteiger partial charge in [-0.15, -0.1) is 0 Å². The van der Waals surface area contributed by atoms with Crippen molar-refractivity contribution in [1.29, 1.82) is 5.26 Å². The fraction of sp³-hybridized carbons (Fsp3) is 0.462. The third kappa shape index (κ3) is 2.60. The molecule has 1 unspecified atom stereocenters. The van der Waals surface area contributed by atoms with Crippen molar-refractivity contribution in [1.82, 2.24) is 4.90 Å². The van der Waals surface area contributed by atoms with Crippen LogP contribution in [0.1, 0.15) is 18.4 Å². The second kappa shape index (κ2) is 4.65. The lowest BCUT2D eigenvalue weighted by Gasteiger charge is -2.20. The van der Waals surface area contributed by atoms with Gasteiger partial charge in [0.05, 0.1) is 18.1 Å². The molecule has 84 valence electrons. The first kappa shape index (κ1) is 11.1. The molecule has 0 saturated carbocycles. The van der Waals surface area contributed by atoms with Gasteiger partial charge in [-0.25, -0.2) is 0 Å². The van der Waals surface area contributed by atoms with Gasteiger partial charge in [-0.1, -0.05) is 30.3 Å². The van der Waals surface area contributed by atoms with Gasteiger partial charge in [0.1, 0.15) is 0 Å². The number of likely N-dealkylation sites (tertiary alicyclic amines) is 1. The normalized spacial score (nSPS) is 25.5. The Hall–Kier alpha value is -1.37. The number of nitrogens with zero attached hydrogens (tertiary/aromatic N) is 2. The van der Waals surface area contributed by atoms with Crippen molar-refractivity contribution in [2.45, 2.75) is 25.0 Å². The highest BCUT2D eigenvalue weighted by Crippen LogP contribution is 2.25. The monoisotopic (exact) mass is 216 g/mol. The van der Waals surface area contributed by atoms with Crippen LogP contribution in [0.2, 0.25) is 0 Å². The van der Waals surface area contributed by atoms with Crippen molar-refractivity contribution in [3.63, 3.8) is 0 Å². The summed E-state index contributed by atoms with van der Waals surface area (Å²) in [5.74, 6) is 0. The van der Waals surface area contributed by atoms with Crippen molar-refractivity contribution >= 4 is 0 Å². The Balaban J connectivity index is 1.93. The second-order valence-corrected chi connectivity index (χ2v) is 4.51. The maximum absolute atomic E-state index is 10.1. The van der Waals surface area contributed by atoms with E-state index in [0.717, 1.165) is 13.1 Å². The molecular weight excluding hydrogens is 200 g/mol. The molecule has 0 aliphatic carbocycles. The largest absolute Gasteiger partial charge is 0.387 e. The van der Waals surface area contributed by atoms with Gasteiger partial charge in [-0.3, -0.25) is 4.90 Å². The molecule has 3 nitrogen and oxygen atoms in total. The van der Waals surface area contributed by atoms with Gasteiger partial charge in [0, 0.05) is 19.6 Å². The van der Waals surface area contributed by atoms with E-state index in [1.54, 1.807) is 0 Å². The molecule has 1 saturated heterocycles. The molecule has 3 heteroatoms. The Labute approximate surface area is 95.9 Å². The van der Waals surface area contributed by atoms with Gasteiger partial charge in [0.15, 0.2) is 0 Å². The van der Waals surface area contributed by atoms with Crippen molar-refractivity contribution in [3.05, 3.63) is 35.9 Å². The Kier molecular flexibility index (Phi) is 3.23. The first-order chi connectivity index (χ1) is 7.72. The molecule has 1 atom stereocenters. The number of hydrogen-bond donors (Lipinski definition) is 1. The summed E-state index contributed by atoms with van der Waals surface area (Å²) >= 11 is 0. The minimum atomic E-state index is -0.788. The number of benzene rings is 1. The Morgan fingerprint density at radius 3 is 2.81 bits per heavy atom. The highest BCUT2D eigenvalue weighted by Gasteiger charge is 2.35.